The maximum Gasteiger partial charge on any atom is 0.251 e. The molecule has 2 heterocycles. The van der Waals surface area contributed by atoms with Crippen LogP contribution in [0.15, 0.2) is 42.7 Å². The van der Waals surface area contributed by atoms with Crippen molar-refractivity contribution < 1.29 is 9.90 Å². The molecule has 0 aliphatic carbocycles. The molecule has 7 nitrogen and oxygen atoms in total. The first-order valence-electron chi connectivity index (χ1n) is 8.97. The number of benzene rings is 1. The van der Waals surface area contributed by atoms with E-state index in [4.69, 9.17) is 0 Å². The molecule has 1 amide bonds. The van der Waals surface area contributed by atoms with Crippen LogP contribution in [0.25, 0.3) is 0 Å². The minimum Gasteiger partial charge on any atom is -0.390 e. The van der Waals surface area contributed by atoms with Crippen LogP contribution < -0.4 is 10.6 Å². The Hall–Kier alpha value is -2.51. The first-order chi connectivity index (χ1) is 12.7. The van der Waals surface area contributed by atoms with Crippen LogP contribution in [0.4, 0.5) is 5.95 Å². The lowest BCUT2D eigenvalue weighted by molar-refractivity contribution is 0.0349. The number of nitrogens with one attached hydrogen (secondary N) is 2. The van der Waals surface area contributed by atoms with E-state index in [0.29, 0.717) is 31.0 Å². The molecule has 2 aromatic rings. The van der Waals surface area contributed by atoms with Crippen molar-refractivity contribution in [2.24, 2.45) is 0 Å². The van der Waals surface area contributed by atoms with Crippen LogP contribution in [-0.2, 0) is 6.54 Å². The number of anilines is 1. The molecule has 0 unspecified atom stereocenters. The van der Waals surface area contributed by atoms with E-state index < -0.39 is 6.10 Å². The van der Waals surface area contributed by atoms with Gasteiger partial charge in [0.1, 0.15) is 0 Å². The van der Waals surface area contributed by atoms with Crippen LogP contribution in [0.1, 0.15) is 29.3 Å². The Morgan fingerprint density at radius 2 is 2.00 bits per heavy atom. The zero-order valence-electron chi connectivity index (χ0n) is 14.9. The van der Waals surface area contributed by atoms with Crippen molar-refractivity contribution in [3.63, 3.8) is 0 Å². The molecule has 1 aromatic heterocycles. The predicted octanol–water partition coefficient (Wildman–Crippen LogP) is 1.27. The number of amides is 1. The van der Waals surface area contributed by atoms with Crippen LogP contribution in [0, 0.1) is 0 Å². The normalized spacial score (nSPS) is 20.5. The predicted molar refractivity (Wildman–Crippen MR) is 99.8 cm³/mol. The number of hydrogen-bond donors (Lipinski definition) is 3. The van der Waals surface area contributed by atoms with E-state index in [0.717, 1.165) is 18.7 Å². The number of likely N-dealkylation sites (tertiary alicyclic amines) is 1. The van der Waals surface area contributed by atoms with E-state index in [2.05, 4.69) is 25.5 Å². The van der Waals surface area contributed by atoms with E-state index in [1.165, 1.54) is 0 Å². The Morgan fingerprint density at radius 3 is 2.65 bits per heavy atom. The van der Waals surface area contributed by atoms with Crippen LogP contribution in [0.2, 0.25) is 0 Å². The molecule has 0 saturated carbocycles. The summed E-state index contributed by atoms with van der Waals surface area (Å²) in [6.07, 6.45) is 3.72. The van der Waals surface area contributed by atoms with Gasteiger partial charge in [-0.15, -0.1) is 0 Å². The van der Waals surface area contributed by atoms with Gasteiger partial charge in [-0.2, -0.15) is 0 Å². The summed E-state index contributed by atoms with van der Waals surface area (Å²) >= 11 is 0. The van der Waals surface area contributed by atoms with E-state index >= 15 is 0 Å². The summed E-state index contributed by atoms with van der Waals surface area (Å²) in [5.41, 5.74) is 1.62. The average Bonchev–Trinajstić information content (AvgIpc) is 2.66. The molecule has 3 N–H and O–H groups in total. The zero-order chi connectivity index (χ0) is 18.4. The van der Waals surface area contributed by atoms with E-state index in [9.17, 15) is 9.90 Å². The smallest absolute Gasteiger partial charge is 0.251 e. The van der Waals surface area contributed by atoms with Crippen LogP contribution >= 0.6 is 0 Å². The molecule has 7 heteroatoms. The second-order valence-electron chi connectivity index (χ2n) is 6.48. The van der Waals surface area contributed by atoms with Crippen molar-refractivity contribution in [1.82, 2.24) is 20.2 Å². The second-order valence-corrected chi connectivity index (χ2v) is 6.48. The lowest BCUT2D eigenvalue weighted by Gasteiger charge is -2.36. The van der Waals surface area contributed by atoms with Crippen molar-refractivity contribution in [1.29, 1.82) is 0 Å². The molecule has 1 aliphatic heterocycles. The Balaban J connectivity index is 1.51. The topological polar surface area (TPSA) is 90.4 Å². The molecule has 1 aliphatic rings. The fourth-order valence-electron chi connectivity index (χ4n) is 3.09. The summed E-state index contributed by atoms with van der Waals surface area (Å²) in [6, 6.07) is 8.85. The van der Waals surface area contributed by atoms with Crippen molar-refractivity contribution >= 4 is 11.9 Å². The average molecular weight is 355 g/mol. The molecule has 138 valence electrons. The molecule has 0 radical (unpaired) electrons. The molecule has 1 saturated heterocycles. The van der Waals surface area contributed by atoms with Crippen LogP contribution in [-0.4, -0.2) is 57.7 Å². The largest absolute Gasteiger partial charge is 0.390 e. The van der Waals surface area contributed by atoms with Crippen LogP contribution in [0.5, 0.6) is 0 Å². The maximum atomic E-state index is 12.3. The van der Waals surface area contributed by atoms with Gasteiger partial charge in [-0.1, -0.05) is 18.2 Å². The molecular weight excluding hydrogens is 330 g/mol. The van der Waals surface area contributed by atoms with Crippen molar-refractivity contribution in [2.45, 2.75) is 32.0 Å². The standard InChI is InChI=1S/C19H25N5O2/c1-2-20-19-21-10-14(11-22-19)12-24-9-8-16(17(25)13-24)23-18(26)15-6-4-3-5-7-15/h3-7,10-11,16-17,25H,2,8-9,12-13H2,1H3,(H,23,26)(H,20,21,22)/t16-,17-/m1/s1. The summed E-state index contributed by atoms with van der Waals surface area (Å²) in [5.74, 6) is 0.481. The Morgan fingerprint density at radius 1 is 1.27 bits per heavy atom. The number of carbonyl (C=O) groups excluding carboxylic acids is 1. The minimum absolute atomic E-state index is 0.143. The van der Waals surface area contributed by atoms with Crippen molar-refractivity contribution in [3.05, 3.63) is 53.9 Å². The Labute approximate surface area is 153 Å². The lowest BCUT2D eigenvalue weighted by Crippen LogP contribution is -2.53. The van der Waals surface area contributed by atoms with Gasteiger partial charge in [0.25, 0.3) is 5.91 Å². The summed E-state index contributed by atoms with van der Waals surface area (Å²) in [4.78, 5) is 23.0. The quantitative estimate of drug-likeness (QED) is 0.723. The summed E-state index contributed by atoms with van der Waals surface area (Å²) in [7, 11) is 0. The van der Waals surface area contributed by atoms with Gasteiger partial charge in [0.15, 0.2) is 0 Å². The molecule has 2 atom stereocenters. The number of aromatic nitrogens is 2. The number of carbonyl (C=O) groups is 1. The van der Waals surface area contributed by atoms with E-state index in [-0.39, 0.29) is 11.9 Å². The number of hydrogen-bond acceptors (Lipinski definition) is 6. The Kier molecular flexibility index (Phi) is 6.14. The third kappa shape index (κ3) is 4.77. The number of β-amino-alcohol motifs (C(OH)–C–C–N with tert-alkyl or cyclic N) is 1. The highest BCUT2D eigenvalue weighted by molar-refractivity contribution is 5.94. The first-order valence-corrected chi connectivity index (χ1v) is 8.97. The highest BCUT2D eigenvalue weighted by atomic mass is 16.3. The minimum atomic E-state index is -0.599. The SMILES string of the molecule is CCNc1ncc(CN2CC[C@@H](NC(=O)c3ccccc3)[C@H](O)C2)cn1. The van der Waals surface area contributed by atoms with Gasteiger partial charge in [0.2, 0.25) is 5.95 Å². The fourth-order valence-corrected chi connectivity index (χ4v) is 3.09. The van der Waals surface area contributed by atoms with Crippen molar-refractivity contribution in [3.8, 4) is 0 Å². The number of rotatable bonds is 6. The van der Waals surface area contributed by atoms with Gasteiger partial charge >= 0.3 is 0 Å². The van der Waals surface area contributed by atoms with E-state index in [1.54, 1.807) is 24.5 Å². The molecule has 26 heavy (non-hydrogen) atoms. The summed E-state index contributed by atoms with van der Waals surface area (Å²) < 4.78 is 0. The lowest BCUT2D eigenvalue weighted by atomic mass is 10.0. The molecule has 3 rings (SSSR count). The summed E-state index contributed by atoms with van der Waals surface area (Å²) in [6.45, 7) is 4.77. The third-order valence-corrected chi connectivity index (χ3v) is 4.46. The summed E-state index contributed by atoms with van der Waals surface area (Å²) in [5, 5.41) is 16.4. The van der Waals surface area contributed by atoms with Gasteiger partial charge < -0.3 is 15.7 Å². The fraction of sp³-hybridized carbons (Fsp3) is 0.421. The number of aliphatic hydroxyl groups is 1. The molecular formula is C19H25N5O2. The molecule has 0 spiro atoms. The number of nitrogens with zero attached hydrogens (tertiary/aromatic N) is 3. The Bertz CT molecular complexity index is 708. The van der Waals surface area contributed by atoms with Crippen LogP contribution in [0.3, 0.4) is 0 Å². The van der Waals surface area contributed by atoms with Gasteiger partial charge in [-0.25, -0.2) is 9.97 Å². The molecule has 0 bridgehead atoms. The number of aliphatic hydroxyl groups excluding tert-OH is 1. The van der Waals surface area contributed by atoms with Crippen molar-refractivity contribution in [2.75, 3.05) is 25.0 Å². The molecule has 1 fully saturated rings. The van der Waals surface area contributed by atoms with Gasteiger partial charge in [-0.3, -0.25) is 9.69 Å². The number of piperidine rings is 1. The highest BCUT2D eigenvalue weighted by Crippen LogP contribution is 2.15. The van der Waals surface area contributed by atoms with E-state index in [1.807, 2.05) is 25.1 Å². The highest BCUT2D eigenvalue weighted by Gasteiger charge is 2.29. The second kappa shape index (κ2) is 8.73. The molecule has 1 aromatic carbocycles. The van der Waals surface area contributed by atoms with Gasteiger partial charge in [0, 0.05) is 49.7 Å². The first kappa shape index (κ1) is 18.3. The third-order valence-electron chi connectivity index (χ3n) is 4.46. The van der Waals surface area contributed by atoms with Gasteiger partial charge in [0.05, 0.1) is 12.1 Å². The monoisotopic (exact) mass is 355 g/mol. The maximum absolute atomic E-state index is 12.3. The van der Waals surface area contributed by atoms with Gasteiger partial charge in [-0.05, 0) is 25.5 Å². The zero-order valence-corrected chi connectivity index (χ0v) is 14.9.